The van der Waals surface area contributed by atoms with Crippen LogP contribution in [0.4, 0.5) is 22.7 Å². The summed E-state index contributed by atoms with van der Waals surface area (Å²) in [5, 5.41) is 4.84. The van der Waals surface area contributed by atoms with E-state index in [1.54, 1.807) is 0 Å². The first-order chi connectivity index (χ1) is 23.9. The van der Waals surface area contributed by atoms with Crippen LogP contribution in [0.15, 0.2) is 152 Å². The van der Waals surface area contributed by atoms with E-state index >= 15 is 0 Å². The maximum absolute atomic E-state index is 6.63. The Morgan fingerprint density at radius 1 is 0.551 bits per heavy atom. The predicted octanol–water partition coefficient (Wildman–Crippen LogP) is 11.7. The molecule has 1 aliphatic rings. The largest absolute Gasteiger partial charge is 0.457 e. The van der Waals surface area contributed by atoms with Crippen LogP contribution in [0.2, 0.25) is 0 Å². The van der Waals surface area contributed by atoms with Crippen molar-refractivity contribution in [3.63, 3.8) is 0 Å². The monoisotopic (exact) mass is 636 g/mol. The van der Waals surface area contributed by atoms with Crippen LogP contribution in [-0.4, -0.2) is 16.2 Å². The van der Waals surface area contributed by atoms with Crippen molar-refractivity contribution in [2.75, 3.05) is 16.5 Å². The van der Waals surface area contributed by atoms with Crippen molar-refractivity contribution in [1.82, 2.24) is 9.55 Å². The second kappa shape index (κ2) is 11.3. The van der Waals surface area contributed by atoms with Crippen molar-refractivity contribution < 1.29 is 4.74 Å². The van der Waals surface area contributed by atoms with Crippen LogP contribution in [-0.2, 0) is 5.41 Å². The second-order valence-corrected chi connectivity index (χ2v) is 13.8. The number of para-hydroxylation sites is 3. The molecule has 5 heteroatoms. The summed E-state index contributed by atoms with van der Waals surface area (Å²) >= 11 is 0. The van der Waals surface area contributed by atoms with Gasteiger partial charge in [0.15, 0.2) is 0 Å². The second-order valence-electron chi connectivity index (χ2n) is 13.8. The Labute approximate surface area is 286 Å². The quantitative estimate of drug-likeness (QED) is 0.188. The Hall–Kier alpha value is -6.07. The van der Waals surface area contributed by atoms with Gasteiger partial charge in [0.1, 0.15) is 24.0 Å². The molecule has 0 radical (unpaired) electrons. The van der Waals surface area contributed by atoms with Gasteiger partial charge in [-0.3, -0.25) is 4.57 Å². The standard InChI is InChI=1S/C44H36N4O/c1-44(2,3)31-24-25-45-43(26-31)48-39-18-7-6-17-36(39)37-23-22-34(28-42(37)48)49-33-15-11-14-32(27-33)46-29-47(41-20-9-8-19-40(41)46)38-21-10-13-30-12-4-5-16-35(30)38/h4-28H,29H2,1-3H3. The molecule has 6 aromatic carbocycles. The van der Waals surface area contributed by atoms with Crippen LogP contribution in [0.1, 0.15) is 26.3 Å². The Balaban J connectivity index is 1.08. The molecule has 0 unspecified atom stereocenters. The molecule has 0 N–H and O–H groups in total. The SMILES string of the molecule is CC(C)(C)c1ccnc(-n2c3ccccc3c3ccc(Oc4cccc(N5CN(c6cccc7ccccc67)c6ccccc65)c4)cc32)c1. The third-order valence-electron chi connectivity index (χ3n) is 9.65. The molecule has 1 aliphatic heterocycles. The Morgan fingerprint density at radius 3 is 2.08 bits per heavy atom. The normalized spacial score (nSPS) is 13.0. The van der Waals surface area contributed by atoms with Gasteiger partial charge in [0.2, 0.25) is 0 Å². The molecule has 238 valence electrons. The summed E-state index contributed by atoms with van der Waals surface area (Å²) in [5.74, 6) is 2.47. The number of ether oxygens (including phenoxy) is 1. The molecule has 0 fully saturated rings. The average Bonchev–Trinajstić information content (AvgIpc) is 3.67. The summed E-state index contributed by atoms with van der Waals surface area (Å²) in [4.78, 5) is 9.60. The number of benzene rings is 6. The number of anilines is 4. The van der Waals surface area contributed by atoms with E-state index in [-0.39, 0.29) is 5.41 Å². The molecular weight excluding hydrogens is 601 g/mol. The molecular formula is C44H36N4O. The average molecular weight is 637 g/mol. The first kappa shape index (κ1) is 29.1. The van der Waals surface area contributed by atoms with Gasteiger partial charge in [0.05, 0.1) is 28.1 Å². The summed E-state index contributed by atoms with van der Waals surface area (Å²) in [5.41, 5.74) is 8.08. The minimum Gasteiger partial charge on any atom is -0.457 e. The summed E-state index contributed by atoms with van der Waals surface area (Å²) in [6.45, 7) is 7.41. The highest BCUT2D eigenvalue weighted by molar-refractivity contribution is 6.09. The zero-order chi connectivity index (χ0) is 33.1. The van der Waals surface area contributed by atoms with Gasteiger partial charge >= 0.3 is 0 Å². The van der Waals surface area contributed by atoms with E-state index in [1.807, 2.05) is 12.3 Å². The molecule has 9 rings (SSSR count). The van der Waals surface area contributed by atoms with Gasteiger partial charge in [-0.05, 0) is 77.0 Å². The van der Waals surface area contributed by atoms with Crippen molar-refractivity contribution in [3.8, 4) is 17.3 Å². The minimum atomic E-state index is 0.0114. The Morgan fingerprint density at radius 2 is 1.22 bits per heavy atom. The van der Waals surface area contributed by atoms with Gasteiger partial charge in [0, 0.05) is 40.2 Å². The molecule has 0 spiro atoms. The van der Waals surface area contributed by atoms with Crippen molar-refractivity contribution in [1.29, 1.82) is 0 Å². The zero-order valence-corrected chi connectivity index (χ0v) is 27.8. The highest BCUT2D eigenvalue weighted by atomic mass is 16.5. The maximum atomic E-state index is 6.63. The molecule has 5 nitrogen and oxygen atoms in total. The lowest BCUT2D eigenvalue weighted by molar-refractivity contribution is 0.483. The fourth-order valence-corrected chi connectivity index (χ4v) is 7.20. The van der Waals surface area contributed by atoms with Crippen molar-refractivity contribution in [2.45, 2.75) is 26.2 Å². The Kier molecular flexibility index (Phi) is 6.70. The molecule has 0 bridgehead atoms. The van der Waals surface area contributed by atoms with Crippen LogP contribution in [0.25, 0.3) is 38.4 Å². The molecule has 3 heterocycles. The molecule has 49 heavy (non-hydrogen) atoms. The fourth-order valence-electron chi connectivity index (χ4n) is 7.20. The van der Waals surface area contributed by atoms with Gasteiger partial charge in [-0.15, -0.1) is 0 Å². The lowest BCUT2D eigenvalue weighted by atomic mass is 9.88. The highest BCUT2D eigenvalue weighted by Gasteiger charge is 2.29. The zero-order valence-electron chi connectivity index (χ0n) is 27.8. The number of nitrogens with zero attached hydrogens (tertiary/aromatic N) is 4. The number of fused-ring (bicyclic) bond motifs is 5. The lowest BCUT2D eigenvalue weighted by Crippen LogP contribution is -2.24. The van der Waals surface area contributed by atoms with E-state index in [9.17, 15) is 0 Å². The topological polar surface area (TPSA) is 33.5 Å². The number of hydrogen-bond donors (Lipinski definition) is 0. The fraction of sp³-hybridized carbons (Fsp3) is 0.114. The van der Waals surface area contributed by atoms with Crippen molar-refractivity contribution in [2.24, 2.45) is 0 Å². The number of hydrogen-bond acceptors (Lipinski definition) is 4. The van der Waals surface area contributed by atoms with Crippen molar-refractivity contribution in [3.05, 3.63) is 157 Å². The lowest BCUT2D eigenvalue weighted by Gasteiger charge is -2.23. The first-order valence-corrected chi connectivity index (χ1v) is 16.8. The molecule has 0 atom stereocenters. The van der Waals surface area contributed by atoms with Gasteiger partial charge in [-0.2, -0.15) is 0 Å². The molecule has 8 aromatic rings. The van der Waals surface area contributed by atoms with Crippen LogP contribution >= 0.6 is 0 Å². The molecule has 0 amide bonds. The van der Waals surface area contributed by atoms with E-state index in [1.165, 1.54) is 44.2 Å². The van der Waals surface area contributed by atoms with Gasteiger partial charge < -0.3 is 14.5 Å². The maximum Gasteiger partial charge on any atom is 0.137 e. The number of pyridine rings is 1. The van der Waals surface area contributed by atoms with Crippen LogP contribution in [0.5, 0.6) is 11.5 Å². The van der Waals surface area contributed by atoms with Gasteiger partial charge in [-0.25, -0.2) is 4.98 Å². The highest BCUT2D eigenvalue weighted by Crippen LogP contribution is 2.46. The Bertz CT molecular complexity index is 2520. The summed E-state index contributed by atoms with van der Waals surface area (Å²) in [7, 11) is 0. The van der Waals surface area contributed by atoms with E-state index in [0.717, 1.165) is 34.0 Å². The summed E-state index contributed by atoms with van der Waals surface area (Å²) in [6, 6.07) is 51.4. The molecule has 0 saturated heterocycles. The van der Waals surface area contributed by atoms with Crippen LogP contribution < -0.4 is 14.5 Å². The van der Waals surface area contributed by atoms with Crippen LogP contribution in [0.3, 0.4) is 0 Å². The first-order valence-electron chi connectivity index (χ1n) is 16.8. The van der Waals surface area contributed by atoms with E-state index < -0.39 is 0 Å². The number of aromatic nitrogens is 2. The molecule has 2 aromatic heterocycles. The molecule has 0 saturated carbocycles. The van der Waals surface area contributed by atoms with Crippen molar-refractivity contribution >= 4 is 55.3 Å². The smallest absolute Gasteiger partial charge is 0.137 e. The van der Waals surface area contributed by atoms with E-state index in [0.29, 0.717) is 6.67 Å². The van der Waals surface area contributed by atoms with Gasteiger partial charge in [-0.1, -0.05) is 93.6 Å². The molecule has 0 aliphatic carbocycles. The number of rotatable bonds is 5. The third kappa shape index (κ3) is 4.97. The van der Waals surface area contributed by atoms with E-state index in [4.69, 9.17) is 9.72 Å². The van der Waals surface area contributed by atoms with Crippen LogP contribution in [0, 0.1) is 0 Å². The van der Waals surface area contributed by atoms with Gasteiger partial charge in [0.25, 0.3) is 0 Å². The predicted molar refractivity (Wildman–Crippen MR) is 203 cm³/mol. The summed E-state index contributed by atoms with van der Waals surface area (Å²) in [6.07, 6.45) is 1.92. The minimum absolute atomic E-state index is 0.0114. The third-order valence-corrected chi connectivity index (χ3v) is 9.65. The summed E-state index contributed by atoms with van der Waals surface area (Å²) < 4.78 is 8.89. The van der Waals surface area contributed by atoms with E-state index in [2.05, 4.69) is 175 Å².